The summed E-state index contributed by atoms with van der Waals surface area (Å²) in [5, 5.41) is 0. The van der Waals surface area contributed by atoms with Gasteiger partial charge in [-0.3, -0.25) is 0 Å². The van der Waals surface area contributed by atoms with E-state index in [4.69, 9.17) is 10.5 Å². The number of hydrogen-bond acceptors (Lipinski definition) is 4. The first-order valence-electron chi connectivity index (χ1n) is 6.14. The Kier molecular flexibility index (Phi) is 4.23. The minimum Gasteiger partial charge on any atom is -0.437 e. The van der Waals surface area contributed by atoms with E-state index in [1.165, 1.54) is 12.1 Å². The van der Waals surface area contributed by atoms with Crippen molar-refractivity contribution in [3.8, 4) is 11.6 Å². The number of aromatic nitrogens is 2. The first-order chi connectivity index (χ1) is 9.36. The van der Waals surface area contributed by atoms with Crippen LogP contribution >= 0.6 is 15.9 Å². The van der Waals surface area contributed by atoms with E-state index in [-0.39, 0.29) is 11.7 Å². The number of nitrogens with two attached hydrogens (primary N) is 1. The molecule has 0 bridgehead atoms. The fourth-order valence-corrected chi connectivity index (χ4v) is 1.98. The highest BCUT2D eigenvalue weighted by molar-refractivity contribution is 9.10. The summed E-state index contributed by atoms with van der Waals surface area (Å²) in [4.78, 5) is 8.62. The van der Waals surface area contributed by atoms with Gasteiger partial charge in [-0.15, -0.1) is 0 Å². The molecular formula is C14H15BrFN3O. The van der Waals surface area contributed by atoms with Crippen LogP contribution in [0.3, 0.4) is 0 Å². The van der Waals surface area contributed by atoms with Gasteiger partial charge in [-0.05, 0) is 28.9 Å². The third kappa shape index (κ3) is 3.25. The number of aryl methyl sites for hydroxylation is 1. The topological polar surface area (TPSA) is 61.0 Å². The molecule has 0 aliphatic rings. The predicted octanol–water partition coefficient (Wildman–Crippen LogP) is 4.18. The van der Waals surface area contributed by atoms with Crippen molar-refractivity contribution in [1.29, 1.82) is 0 Å². The number of ether oxygens (including phenoxy) is 1. The summed E-state index contributed by atoms with van der Waals surface area (Å²) < 4.78 is 19.4. The number of nitrogens with zero attached hydrogens (tertiary/aromatic N) is 2. The summed E-state index contributed by atoms with van der Waals surface area (Å²) in [7, 11) is 0. The van der Waals surface area contributed by atoms with Crippen molar-refractivity contribution in [2.24, 2.45) is 0 Å². The Hall–Kier alpha value is -1.69. The van der Waals surface area contributed by atoms with E-state index in [1.807, 2.05) is 20.8 Å². The van der Waals surface area contributed by atoms with Crippen LogP contribution in [0.2, 0.25) is 0 Å². The highest BCUT2D eigenvalue weighted by Gasteiger charge is 2.11. The van der Waals surface area contributed by atoms with E-state index < -0.39 is 5.82 Å². The molecule has 0 saturated carbocycles. The van der Waals surface area contributed by atoms with Crippen LogP contribution in [0, 0.1) is 12.7 Å². The Morgan fingerprint density at radius 3 is 2.60 bits per heavy atom. The lowest BCUT2D eigenvalue weighted by Gasteiger charge is -2.11. The number of benzene rings is 1. The Morgan fingerprint density at radius 1 is 1.25 bits per heavy atom. The molecule has 6 heteroatoms. The van der Waals surface area contributed by atoms with Crippen molar-refractivity contribution in [2.75, 3.05) is 5.73 Å². The quantitative estimate of drug-likeness (QED) is 0.852. The summed E-state index contributed by atoms with van der Waals surface area (Å²) in [6, 6.07) is 4.37. The second-order valence-electron chi connectivity index (χ2n) is 4.77. The molecule has 2 N–H and O–H groups in total. The van der Waals surface area contributed by atoms with Crippen LogP contribution in [0.15, 0.2) is 22.7 Å². The average molecular weight is 340 g/mol. The van der Waals surface area contributed by atoms with Gasteiger partial charge in [0.1, 0.15) is 11.6 Å². The maximum absolute atomic E-state index is 13.5. The highest BCUT2D eigenvalue weighted by Crippen LogP contribution is 2.31. The van der Waals surface area contributed by atoms with Crippen molar-refractivity contribution < 1.29 is 9.13 Å². The SMILES string of the molecule is Cc1cc(Oc2cc(F)c(Br)cc2N)nc(C(C)C)n1. The Morgan fingerprint density at radius 2 is 1.95 bits per heavy atom. The zero-order valence-corrected chi connectivity index (χ0v) is 13.0. The number of halogens is 2. The summed E-state index contributed by atoms with van der Waals surface area (Å²) in [5.74, 6) is 1.00. The van der Waals surface area contributed by atoms with Gasteiger partial charge in [-0.1, -0.05) is 13.8 Å². The highest BCUT2D eigenvalue weighted by atomic mass is 79.9. The van der Waals surface area contributed by atoms with E-state index in [9.17, 15) is 4.39 Å². The number of hydrogen-bond donors (Lipinski definition) is 1. The lowest BCUT2D eigenvalue weighted by molar-refractivity contribution is 0.453. The number of rotatable bonds is 3. The van der Waals surface area contributed by atoms with E-state index in [1.54, 1.807) is 6.07 Å². The van der Waals surface area contributed by atoms with Crippen molar-refractivity contribution in [3.63, 3.8) is 0 Å². The van der Waals surface area contributed by atoms with Crippen LogP contribution in [0.1, 0.15) is 31.3 Å². The standard InChI is InChI=1S/C14H15BrFN3O/c1-7(2)14-18-8(3)4-13(19-14)20-12-6-10(16)9(15)5-11(12)17/h4-7H,17H2,1-3H3. The maximum Gasteiger partial charge on any atom is 0.222 e. The first kappa shape index (κ1) is 14.7. The molecule has 1 heterocycles. The molecule has 2 rings (SSSR count). The second kappa shape index (κ2) is 5.75. The van der Waals surface area contributed by atoms with Crippen LogP contribution in [-0.2, 0) is 0 Å². The fourth-order valence-electron chi connectivity index (χ4n) is 1.62. The molecule has 4 nitrogen and oxygen atoms in total. The molecule has 0 aliphatic carbocycles. The van der Waals surface area contributed by atoms with E-state index in [2.05, 4.69) is 25.9 Å². The van der Waals surface area contributed by atoms with Gasteiger partial charge >= 0.3 is 0 Å². The molecular weight excluding hydrogens is 325 g/mol. The molecule has 0 saturated heterocycles. The third-order valence-corrected chi connectivity index (χ3v) is 3.24. The lowest BCUT2D eigenvalue weighted by atomic mass is 10.2. The van der Waals surface area contributed by atoms with Gasteiger partial charge < -0.3 is 10.5 Å². The lowest BCUT2D eigenvalue weighted by Crippen LogP contribution is -2.02. The Balaban J connectivity index is 2.37. The summed E-state index contributed by atoms with van der Waals surface area (Å²) in [6.45, 7) is 5.84. The molecule has 0 fully saturated rings. The molecule has 2 aromatic rings. The Labute approximate surface area is 125 Å². The fraction of sp³-hybridized carbons (Fsp3) is 0.286. The van der Waals surface area contributed by atoms with E-state index in [0.717, 1.165) is 5.69 Å². The predicted molar refractivity (Wildman–Crippen MR) is 79.4 cm³/mol. The molecule has 1 aromatic heterocycles. The third-order valence-electron chi connectivity index (χ3n) is 2.63. The van der Waals surface area contributed by atoms with Crippen molar-refractivity contribution in [1.82, 2.24) is 9.97 Å². The van der Waals surface area contributed by atoms with Gasteiger partial charge in [0.25, 0.3) is 0 Å². The average Bonchev–Trinajstić information content (AvgIpc) is 2.35. The van der Waals surface area contributed by atoms with Gasteiger partial charge in [-0.25, -0.2) is 9.37 Å². The van der Waals surface area contributed by atoms with Crippen molar-refractivity contribution >= 4 is 21.6 Å². The van der Waals surface area contributed by atoms with Crippen LogP contribution < -0.4 is 10.5 Å². The largest absolute Gasteiger partial charge is 0.437 e. The minimum atomic E-state index is -0.441. The number of anilines is 1. The van der Waals surface area contributed by atoms with Gasteiger partial charge in [0.15, 0.2) is 5.75 Å². The molecule has 0 unspecified atom stereocenters. The molecule has 20 heavy (non-hydrogen) atoms. The van der Waals surface area contributed by atoms with Crippen LogP contribution in [0.25, 0.3) is 0 Å². The smallest absolute Gasteiger partial charge is 0.222 e. The molecule has 1 aromatic carbocycles. The normalized spacial score (nSPS) is 10.9. The molecule has 0 radical (unpaired) electrons. The van der Waals surface area contributed by atoms with Crippen LogP contribution in [0.5, 0.6) is 11.6 Å². The molecule has 106 valence electrons. The number of nitrogen functional groups attached to an aromatic ring is 1. The minimum absolute atomic E-state index is 0.177. The van der Waals surface area contributed by atoms with Crippen molar-refractivity contribution in [3.05, 3.63) is 40.0 Å². The van der Waals surface area contributed by atoms with Gasteiger partial charge in [0, 0.05) is 23.7 Å². The molecule has 0 atom stereocenters. The first-order valence-corrected chi connectivity index (χ1v) is 6.94. The molecule has 0 spiro atoms. The van der Waals surface area contributed by atoms with E-state index in [0.29, 0.717) is 21.9 Å². The summed E-state index contributed by atoms with van der Waals surface area (Å²) in [5.41, 5.74) is 6.93. The second-order valence-corrected chi connectivity index (χ2v) is 5.62. The summed E-state index contributed by atoms with van der Waals surface area (Å²) in [6.07, 6.45) is 0. The molecule has 0 amide bonds. The Bertz CT molecular complexity index is 647. The van der Waals surface area contributed by atoms with Crippen LogP contribution in [-0.4, -0.2) is 9.97 Å². The monoisotopic (exact) mass is 339 g/mol. The van der Waals surface area contributed by atoms with Gasteiger partial charge in [0.05, 0.1) is 10.2 Å². The maximum atomic E-state index is 13.5. The van der Waals surface area contributed by atoms with Crippen LogP contribution in [0.4, 0.5) is 10.1 Å². The van der Waals surface area contributed by atoms with Gasteiger partial charge in [0.2, 0.25) is 5.88 Å². The molecule has 0 aliphatic heterocycles. The van der Waals surface area contributed by atoms with Crippen molar-refractivity contribution in [2.45, 2.75) is 26.7 Å². The zero-order chi connectivity index (χ0) is 14.9. The summed E-state index contributed by atoms with van der Waals surface area (Å²) >= 11 is 3.07. The van der Waals surface area contributed by atoms with E-state index >= 15 is 0 Å². The van der Waals surface area contributed by atoms with Gasteiger partial charge in [-0.2, -0.15) is 4.98 Å². The zero-order valence-electron chi connectivity index (χ0n) is 11.4.